The Labute approximate surface area is 102 Å². The Morgan fingerprint density at radius 1 is 1.35 bits per heavy atom. The van der Waals surface area contributed by atoms with E-state index in [1.165, 1.54) is 12.1 Å². The van der Waals surface area contributed by atoms with E-state index in [4.69, 9.17) is 0 Å². The number of hydrogen-bond acceptors (Lipinski definition) is 1. The number of Topliss-reactive ketones (excluding diaryl/α,β-unsaturated/α-hetero) is 1. The average Bonchev–Trinajstić information content (AvgIpc) is 2.24. The lowest BCUT2D eigenvalue weighted by Crippen LogP contribution is -2.37. The van der Waals surface area contributed by atoms with E-state index in [2.05, 4.69) is 15.9 Å². The van der Waals surface area contributed by atoms with Gasteiger partial charge in [0, 0.05) is 6.42 Å². The molecule has 1 nitrogen and oxygen atoms in total. The largest absolute Gasteiger partial charge is 0.364 e. The molecule has 0 N–H and O–H groups in total. The van der Waals surface area contributed by atoms with Crippen LogP contribution in [-0.4, -0.2) is 18.1 Å². The van der Waals surface area contributed by atoms with Crippen molar-refractivity contribution in [2.45, 2.75) is 18.8 Å². The fraction of sp³-hybridized carbons (Fsp3) is 0.300. The monoisotopic (exact) mass is 316 g/mol. The fourth-order valence-corrected chi connectivity index (χ4v) is 1.50. The molecule has 0 spiro atoms. The van der Waals surface area contributed by atoms with E-state index in [1.54, 1.807) is 0 Å². The van der Waals surface area contributed by atoms with Gasteiger partial charge in [-0.2, -0.15) is 8.78 Å². The molecule has 7 heteroatoms. The van der Waals surface area contributed by atoms with Gasteiger partial charge in [0.1, 0.15) is 5.82 Å². The van der Waals surface area contributed by atoms with Gasteiger partial charge in [0.15, 0.2) is 0 Å². The van der Waals surface area contributed by atoms with Crippen molar-refractivity contribution in [3.05, 3.63) is 34.1 Å². The van der Waals surface area contributed by atoms with E-state index in [9.17, 15) is 26.7 Å². The first kappa shape index (κ1) is 14.1. The number of rotatable bonds is 4. The zero-order valence-corrected chi connectivity index (χ0v) is 9.78. The summed E-state index contributed by atoms with van der Waals surface area (Å²) in [5.41, 5.74) is -0.102. The maximum absolute atomic E-state index is 13.0. The van der Waals surface area contributed by atoms with Crippen molar-refractivity contribution in [1.82, 2.24) is 0 Å². The third kappa shape index (κ3) is 3.02. The highest BCUT2D eigenvalue weighted by molar-refractivity contribution is 9.10. The first-order valence-corrected chi connectivity index (χ1v) is 5.18. The molecule has 0 aliphatic carbocycles. The van der Waals surface area contributed by atoms with Crippen molar-refractivity contribution in [1.29, 1.82) is 0 Å². The summed E-state index contributed by atoms with van der Waals surface area (Å²) >= 11 is 2.75. The SMILES string of the molecule is O=C(Cc1cccc(F)c1Br)C(F)(F)C(F)F. The molecule has 0 unspecified atom stereocenters. The fourth-order valence-electron chi connectivity index (χ4n) is 1.10. The molecule has 0 aromatic heterocycles. The van der Waals surface area contributed by atoms with Crippen molar-refractivity contribution >= 4 is 21.7 Å². The summed E-state index contributed by atoms with van der Waals surface area (Å²) in [5.74, 6) is -7.42. The molecule has 0 heterocycles. The summed E-state index contributed by atoms with van der Waals surface area (Å²) < 4.78 is 61.9. The summed E-state index contributed by atoms with van der Waals surface area (Å²) in [6, 6.07) is 3.44. The Kier molecular flexibility index (Phi) is 4.24. The van der Waals surface area contributed by atoms with E-state index in [0.29, 0.717) is 0 Å². The van der Waals surface area contributed by atoms with Crippen LogP contribution >= 0.6 is 15.9 Å². The minimum absolute atomic E-state index is 0.102. The zero-order valence-electron chi connectivity index (χ0n) is 8.19. The summed E-state index contributed by atoms with van der Waals surface area (Å²) in [5, 5.41) is 0. The summed E-state index contributed by atoms with van der Waals surface area (Å²) in [4.78, 5) is 11.0. The number of alkyl halides is 4. The normalized spacial score (nSPS) is 11.9. The van der Waals surface area contributed by atoms with Gasteiger partial charge >= 0.3 is 12.3 Å². The lowest BCUT2D eigenvalue weighted by atomic mass is 10.0. The molecule has 1 rings (SSSR count). The van der Waals surface area contributed by atoms with Gasteiger partial charge < -0.3 is 0 Å². The highest BCUT2D eigenvalue weighted by Crippen LogP contribution is 2.28. The molecule has 0 saturated carbocycles. The summed E-state index contributed by atoms with van der Waals surface area (Å²) in [6.07, 6.45) is -5.03. The maximum Gasteiger partial charge on any atom is 0.364 e. The second-order valence-corrected chi connectivity index (χ2v) is 4.03. The predicted molar refractivity (Wildman–Crippen MR) is 53.8 cm³/mol. The van der Waals surface area contributed by atoms with Crippen LogP contribution in [0.3, 0.4) is 0 Å². The van der Waals surface area contributed by atoms with Gasteiger partial charge in [-0.05, 0) is 27.6 Å². The van der Waals surface area contributed by atoms with Gasteiger partial charge in [-0.1, -0.05) is 12.1 Å². The van der Waals surface area contributed by atoms with E-state index in [1.807, 2.05) is 0 Å². The lowest BCUT2D eigenvalue weighted by Gasteiger charge is -2.14. The molecule has 1 aromatic rings. The molecule has 0 amide bonds. The number of halogens is 6. The van der Waals surface area contributed by atoms with E-state index < -0.39 is 30.4 Å². The van der Waals surface area contributed by atoms with Gasteiger partial charge in [-0.25, -0.2) is 13.2 Å². The van der Waals surface area contributed by atoms with Crippen LogP contribution in [0.5, 0.6) is 0 Å². The van der Waals surface area contributed by atoms with Crippen LogP contribution in [0.2, 0.25) is 0 Å². The Morgan fingerprint density at radius 2 is 1.94 bits per heavy atom. The van der Waals surface area contributed by atoms with Gasteiger partial charge in [0.05, 0.1) is 4.47 Å². The van der Waals surface area contributed by atoms with Crippen molar-refractivity contribution in [3.63, 3.8) is 0 Å². The van der Waals surface area contributed by atoms with Crippen molar-refractivity contribution in [2.24, 2.45) is 0 Å². The highest BCUT2D eigenvalue weighted by Gasteiger charge is 2.48. The van der Waals surface area contributed by atoms with Crippen molar-refractivity contribution < 1.29 is 26.7 Å². The summed E-state index contributed by atoms with van der Waals surface area (Å²) in [6.45, 7) is 0. The van der Waals surface area contributed by atoms with Crippen LogP contribution in [0, 0.1) is 5.82 Å². The van der Waals surface area contributed by atoms with Crippen molar-refractivity contribution in [3.8, 4) is 0 Å². The lowest BCUT2D eigenvalue weighted by molar-refractivity contribution is -0.166. The topological polar surface area (TPSA) is 17.1 Å². The number of carbonyl (C=O) groups is 1. The molecule has 0 aliphatic heterocycles. The highest BCUT2D eigenvalue weighted by atomic mass is 79.9. The van der Waals surface area contributed by atoms with Gasteiger partial charge in [-0.3, -0.25) is 4.79 Å². The number of benzene rings is 1. The molecule has 0 fully saturated rings. The molecule has 94 valence electrons. The second kappa shape index (κ2) is 5.12. The van der Waals surface area contributed by atoms with Gasteiger partial charge in [0.25, 0.3) is 0 Å². The third-order valence-corrected chi connectivity index (χ3v) is 2.92. The number of ketones is 1. The van der Waals surface area contributed by atoms with E-state index >= 15 is 0 Å². The molecule has 1 aromatic carbocycles. The van der Waals surface area contributed by atoms with Crippen LogP contribution in [0.1, 0.15) is 5.56 Å². The number of carbonyl (C=O) groups excluding carboxylic acids is 1. The van der Waals surface area contributed by atoms with Crippen molar-refractivity contribution in [2.75, 3.05) is 0 Å². The number of hydrogen-bond donors (Lipinski definition) is 0. The molecule has 0 saturated heterocycles. The van der Waals surface area contributed by atoms with Crippen LogP contribution in [-0.2, 0) is 11.2 Å². The zero-order chi connectivity index (χ0) is 13.2. The Morgan fingerprint density at radius 3 is 2.47 bits per heavy atom. The van der Waals surface area contributed by atoms with Crippen LogP contribution < -0.4 is 0 Å². The van der Waals surface area contributed by atoms with E-state index in [0.717, 1.165) is 6.07 Å². The standard InChI is InChI=1S/C10H6BrF5O/c11-8-5(2-1-3-6(8)12)4-7(17)10(15,16)9(13)14/h1-3,9H,4H2. The first-order valence-electron chi connectivity index (χ1n) is 4.39. The molecule has 0 radical (unpaired) electrons. The third-order valence-electron chi connectivity index (χ3n) is 2.03. The smallest absolute Gasteiger partial charge is 0.292 e. The Hall–Kier alpha value is -0.980. The average molecular weight is 317 g/mol. The van der Waals surface area contributed by atoms with Crippen LogP contribution in [0.4, 0.5) is 22.0 Å². The summed E-state index contributed by atoms with van der Waals surface area (Å²) in [7, 11) is 0. The Balaban J connectivity index is 2.93. The van der Waals surface area contributed by atoms with Gasteiger partial charge in [0.2, 0.25) is 5.78 Å². The quantitative estimate of drug-likeness (QED) is 0.776. The first-order chi connectivity index (χ1) is 7.76. The maximum atomic E-state index is 13.0. The predicted octanol–water partition coefficient (Wildman–Crippen LogP) is 3.60. The van der Waals surface area contributed by atoms with E-state index in [-0.39, 0.29) is 10.0 Å². The Bertz CT molecular complexity index is 433. The van der Waals surface area contributed by atoms with Crippen LogP contribution in [0.15, 0.2) is 22.7 Å². The minimum Gasteiger partial charge on any atom is -0.292 e. The van der Waals surface area contributed by atoms with Crippen LogP contribution in [0.25, 0.3) is 0 Å². The molecular weight excluding hydrogens is 311 g/mol. The minimum atomic E-state index is -4.72. The second-order valence-electron chi connectivity index (χ2n) is 3.24. The molecule has 17 heavy (non-hydrogen) atoms. The van der Waals surface area contributed by atoms with Gasteiger partial charge in [-0.15, -0.1) is 0 Å². The molecule has 0 atom stereocenters. The molecule has 0 aliphatic rings. The molecule has 0 bridgehead atoms. The molecular formula is C10H6BrF5O.